The second-order valence-electron chi connectivity index (χ2n) is 7.18. The van der Waals surface area contributed by atoms with Crippen molar-refractivity contribution in [3.05, 3.63) is 29.3 Å². The molecule has 2 N–H and O–H groups in total. The van der Waals surface area contributed by atoms with Crippen molar-refractivity contribution in [3.63, 3.8) is 0 Å². The standard InChI is InChI=1S/C18H25N5OS/c1-22(12-14-9-16(21-20-14)17-3-2-8-25-17)18(24)19-10-13-6-7-23(11-13)15-4-5-15/h2-3,8-9,13,15H,4-7,10-12H2,1H3,(H,19,24)(H,20,21)/t13-/m1/s1. The summed E-state index contributed by atoms with van der Waals surface area (Å²) in [6.07, 6.45) is 3.92. The highest BCUT2D eigenvalue weighted by Gasteiger charge is 2.34. The Labute approximate surface area is 152 Å². The van der Waals surface area contributed by atoms with Crippen LogP contribution in [0.25, 0.3) is 10.6 Å². The van der Waals surface area contributed by atoms with Crippen LogP contribution in [0.1, 0.15) is 25.0 Å². The van der Waals surface area contributed by atoms with Crippen molar-refractivity contribution in [1.82, 2.24) is 25.3 Å². The molecule has 6 nitrogen and oxygen atoms in total. The largest absolute Gasteiger partial charge is 0.338 e. The molecule has 2 aromatic heterocycles. The molecule has 3 heterocycles. The van der Waals surface area contributed by atoms with Crippen molar-refractivity contribution in [2.24, 2.45) is 5.92 Å². The zero-order valence-corrected chi connectivity index (χ0v) is 15.4. The van der Waals surface area contributed by atoms with Crippen LogP contribution in [0.2, 0.25) is 0 Å². The molecule has 25 heavy (non-hydrogen) atoms. The topological polar surface area (TPSA) is 64.3 Å². The van der Waals surface area contributed by atoms with E-state index in [9.17, 15) is 4.79 Å². The van der Waals surface area contributed by atoms with Crippen molar-refractivity contribution < 1.29 is 4.79 Å². The number of thiophene rings is 1. The Hall–Kier alpha value is -1.86. The smallest absolute Gasteiger partial charge is 0.317 e. The molecule has 1 aliphatic heterocycles. The first kappa shape index (κ1) is 16.6. The Balaban J connectivity index is 1.23. The van der Waals surface area contributed by atoms with Crippen LogP contribution in [0, 0.1) is 5.92 Å². The highest BCUT2D eigenvalue weighted by molar-refractivity contribution is 7.13. The summed E-state index contributed by atoms with van der Waals surface area (Å²) in [6, 6.07) is 6.90. The fourth-order valence-corrected chi connectivity index (χ4v) is 4.17. The Bertz CT molecular complexity index is 709. The summed E-state index contributed by atoms with van der Waals surface area (Å²) >= 11 is 1.66. The van der Waals surface area contributed by atoms with Gasteiger partial charge in [-0.25, -0.2) is 4.79 Å². The molecule has 4 rings (SSSR count). The van der Waals surface area contributed by atoms with E-state index < -0.39 is 0 Å². The summed E-state index contributed by atoms with van der Waals surface area (Å²) in [5.41, 5.74) is 1.88. The van der Waals surface area contributed by atoms with E-state index in [1.807, 2.05) is 30.6 Å². The number of H-pyrrole nitrogens is 1. The molecule has 0 bridgehead atoms. The molecule has 0 aromatic carbocycles. The summed E-state index contributed by atoms with van der Waals surface area (Å²) in [7, 11) is 1.83. The second kappa shape index (κ2) is 7.17. The minimum absolute atomic E-state index is 0.0165. The average Bonchev–Trinajstić information content (AvgIpc) is 3.05. The number of likely N-dealkylation sites (tertiary alicyclic amines) is 1. The number of rotatable bonds is 6. The number of amides is 2. The van der Waals surface area contributed by atoms with Gasteiger partial charge >= 0.3 is 6.03 Å². The Morgan fingerprint density at radius 3 is 3.12 bits per heavy atom. The van der Waals surface area contributed by atoms with E-state index in [0.29, 0.717) is 12.5 Å². The van der Waals surface area contributed by atoms with Crippen molar-refractivity contribution in [1.29, 1.82) is 0 Å². The van der Waals surface area contributed by atoms with Gasteiger partial charge in [-0.2, -0.15) is 5.10 Å². The summed E-state index contributed by atoms with van der Waals surface area (Å²) in [6.45, 7) is 3.64. The molecule has 0 spiro atoms. The lowest BCUT2D eigenvalue weighted by Gasteiger charge is -2.19. The van der Waals surface area contributed by atoms with Gasteiger partial charge in [0.1, 0.15) is 5.69 Å². The van der Waals surface area contributed by atoms with E-state index in [4.69, 9.17) is 0 Å². The van der Waals surface area contributed by atoms with Crippen molar-refractivity contribution in [2.75, 3.05) is 26.7 Å². The zero-order chi connectivity index (χ0) is 17.2. The van der Waals surface area contributed by atoms with Crippen LogP contribution in [0.5, 0.6) is 0 Å². The van der Waals surface area contributed by atoms with Crippen LogP contribution in [-0.4, -0.2) is 58.8 Å². The lowest BCUT2D eigenvalue weighted by atomic mass is 10.1. The molecule has 2 aromatic rings. The van der Waals surface area contributed by atoms with Gasteiger partial charge in [0.15, 0.2) is 0 Å². The summed E-state index contributed by atoms with van der Waals surface area (Å²) in [5, 5.41) is 12.5. The van der Waals surface area contributed by atoms with Gasteiger partial charge in [-0.15, -0.1) is 11.3 Å². The van der Waals surface area contributed by atoms with E-state index in [0.717, 1.165) is 35.4 Å². The molecule has 1 saturated carbocycles. The van der Waals surface area contributed by atoms with E-state index in [2.05, 4.69) is 20.4 Å². The normalized spacial score (nSPS) is 20.8. The van der Waals surface area contributed by atoms with Gasteiger partial charge in [-0.3, -0.25) is 5.10 Å². The first-order chi connectivity index (χ1) is 12.2. The third-order valence-electron chi connectivity index (χ3n) is 5.08. The third-order valence-corrected chi connectivity index (χ3v) is 5.97. The van der Waals surface area contributed by atoms with Crippen LogP contribution in [0.3, 0.4) is 0 Å². The number of hydrogen-bond donors (Lipinski definition) is 2. The minimum atomic E-state index is -0.0165. The molecule has 0 unspecified atom stereocenters. The highest BCUT2D eigenvalue weighted by atomic mass is 32.1. The molecule has 7 heteroatoms. The van der Waals surface area contributed by atoms with Gasteiger partial charge in [-0.1, -0.05) is 6.07 Å². The molecule has 2 amide bonds. The molecule has 1 saturated heterocycles. The van der Waals surface area contributed by atoms with Crippen molar-refractivity contribution in [2.45, 2.75) is 31.8 Å². The SMILES string of the molecule is CN(Cc1cc(-c2cccs2)n[nH]1)C(=O)NC[C@H]1CCN(C2CC2)C1. The monoisotopic (exact) mass is 359 g/mol. The minimum Gasteiger partial charge on any atom is -0.338 e. The van der Waals surface area contributed by atoms with Gasteiger partial charge in [0, 0.05) is 26.2 Å². The van der Waals surface area contributed by atoms with Gasteiger partial charge in [0.25, 0.3) is 0 Å². The zero-order valence-electron chi connectivity index (χ0n) is 14.6. The number of urea groups is 1. The third kappa shape index (κ3) is 4.04. The molecule has 2 fully saturated rings. The highest BCUT2D eigenvalue weighted by Crippen LogP contribution is 2.31. The Morgan fingerprint density at radius 2 is 2.36 bits per heavy atom. The molecule has 1 aliphatic carbocycles. The number of carbonyl (C=O) groups excluding carboxylic acids is 1. The maximum absolute atomic E-state index is 12.3. The quantitative estimate of drug-likeness (QED) is 0.834. The number of nitrogens with zero attached hydrogens (tertiary/aromatic N) is 3. The maximum Gasteiger partial charge on any atom is 0.317 e. The predicted molar refractivity (Wildman–Crippen MR) is 99.5 cm³/mol. The molecule has 134 valence electrons. The summed E-state index contributed by atoms with van der Waals surface area (Å²) in [5.74, 6) is 0.593. The van der Waals surface area contributed by atoms with E-state index >= 15 is 0 Å². The number of hydrogen-bond acceptors (Lipinski definition) is 4. The molecule has 2 aliphatic rings. The molecule has 0 radical (unpaired) electrons. The Kier molecular flexibility index (Phi) is 4.76. The second-order valence-corrected chi connectivity index (χ2v) is 8.13. The molecular weight excluding hydrogens is 334 g/mol. The molecular formula is C18H25N5OS. The van der Waals surface area contributed by atoms with Gasteiger partial charge < -0.3 is 15.1 Å². The first-order valence-corrected chi connectivity index (χ1v) is 9.88. The van der Waals surface area contributed by atoms with Crippen LogP contribution in [0.4, 0.5) is 4.79 Å². The summed E-state index contributed by atoms with van der Waals surface area (Å²) in [4.78, 5) is 17.8. The first-order valence-electron chi connectivity index (χ1n) is 9.00. The van der Waals surface area contributed by atoms with Crippen LogP contribution >= 0.6 is 11.3 Å². The van der Waals surface area contributed by atoms with Crippen LogP contribution in [-0.2, 0) is 6.54 Å². The molecule has 1 atom stereocenters. The summed E-state index contributed by atoms with van der Waals surface area (Å²) < 4.78 is 0. The maximum atomic E-state index is 12.3. The number of nitrogens with one attached hydrogen (secondary N) is 2. The van der Waals surface area contributed by atoms with E-state index in [1.165, 1.54) is 25.8 Å². The fourth-order valence-electron chi connectivity index (χ4n) is 3.49. The average molecular weight is 359 g/mol. The number of aromatic amines is 1. The van der Waals surface area contributed by atoms with Gasteiger partial charge in [0.2, 0.25) is 0 Å². The number of aromatic nitrogens is 2. The fraction of sp³-hybridized carbons (Fsp3) is 0.556. The van der Waals surface area contributed by atoms with Gasteiger partial charge in [0.05, 0.1) is 17.1 Å². The van der Waals surface area contributed by atoms with E-state index in [1.54, 1.807) is 16.2 Å². The van der Waals surface area contributed by atoms with Gasteiger partial charge in [-0.05, 0) is 49.2 Å². The lowest BCUT2D eigenvalue weighted by Crippen LogP contribution is -2.39. The number of carbonyl (C=O) groups is 1. The van der Waals surface area contributed by atoms with Crippen molar-refractivity contribution >= 4 is 17.4 Å². The predicted octanol–water partition coefficient (Wildman–Crippen LogP) is 2.76. The van der Waals surface area contributed by atoms with Crippen LogP contribution < -0.4 is 5.32 Å². The lowest BCUT2D eigenvalue weighted by molar-refractivity contribution is 0.204. The Morgan fingerprint density at radius 1 is 1.48 bits per heavy atom. The van der Waals surface area contributed by atoms with Crippen LogP contribution in [0.15, 0.2) is 23.6 Å². The van der Waals surface area contributed by atoms with E-state index in [-0.39, 0.29) is 6.03 Å². The van der Waals surface area contributed by atoms with Crippen molar-refractivity contribution in [3.8, 4) is 10.6 Å².